The van der Waals surface area contributed by atoms with E-state index < -0.39 is 0 Å². The number of ether oxygens (including phenoxy) is 1. The van der Waals surface area contributed by atoms with Crippen LogP contribution in [0.2, 0.25) is 5.15 Å². The van der Waals surface area contributed by atoms with Crippen LogP contribution in [-0.2, 0) is 14.9 Å². The predicted molar refractivity (Wildman–Crippen MR) is 109 cm³/mol. The van der Waals surface area contributed by atoms with Gasteiger partial charge in [-0.25, -0.2) is 0 Å². The standard InChI is InChI=1S/C21H31ClN4O2/c1-21(2,3)17-10-18(22)24-25-19(17)23-16-8-14-11-26(12-15(14)9-16)20(27)13-4-6-28-7-5-13/h10,13-16H,4-9,11-12H2,1-3H3,(H,23,25)/t14-,15+,16-. The van der Waals surface area contributed by atoms with Crippen LogP contribution in [0.5, 0.6) is 0 Å². The number of halogens is 1. The smallest absolute Gasteiger partial charge is 0.225 e. The number of rotatable bonds is 3. The summed E-state index contributed by atoms with van der Waals surface area (Å²) in [5, 5.41) is 12.4. The molecule has 1 aliphatic carbocycles. The van der Waals surface area contributed by atoms with Crippen molar-refractivity contribution in [1.29, 1.82) is 0 Å². The number of hydrogen-bond acceptors (Lipinski definition) is 5. The van der Waals surface area contributed by atoms with E-state index >= 15 is 0 Å². The summed E-state index contributed by atoms with van der Waals surface area (Å²) in [4.78, 5) is 14.9. The molecule has 6 nitrogen and oxygen atoms in total. The molecule has 3 heterocycles. The van der Waals surface area contributed by atoms with Gasteiger partial charge in [-0.05, 0) is 49.0 Å². The Morgan fingerprint density at radius 2 is 1.82 bits per heavy atom. The summed E-state index contributed by atoms with van der Waals surface area (Å²) in [6, 6.07) is 2.30. The fourth-order valence-electron chi connectivity index (χ4n) is 5.04. The van der Waals surface area contributed by atoms with Gasteiger partial charge in [-0.3, -0.25) is 4.79 Å². The van der Waals surface area contributed by atoms with E-state index in [0.717, 1.165) is 63.4 Å². The number of aromatic nitrogens is 2. The third-order valence-corrected chi connectivity index (χ3v) is 6.73. The first-order chi connectivity index (χ1) is 13.3. The number of nitrogens with one attached hydrogen (secondary N) is 1. The Morgan fingerprint density at radius 1 is 1.18 bits per heavy atom. The van der Waals surface area contributed by atoms with Gasteiger partial charge >= 0.3 is 0 Å². The number of nitrogens with zero attached hydrogens (tertiary/aromatic N) is 3. The van der Waals surface area contributed by atoms with Crippen molar-refractivity contribution in [1.82, 2.24) is 15.1 Å². The van der Waals surface area contributed by atoms with Crippen molar-refractivity contribution in [3.63, 3.8) is 0 Å². The van der Waals surface area contributed by atoms with Gasteiger partial charge in [0.1, 0.15) is 0 Å². The van der Waals surface area contributed by atoms with E-state index in [1.54, 1.807) is 0 Å². The number of fused-ring (bicyclic) bond motifs is 1. The van der Waals surface area contributed by atoms with Crippen molar-refractivity contribution in [2.24, 2.45) is 17.8 Å². The highest BCUT2D eigenvalue weighted by Crippen LogP contribution is 2.41. The molecule has 0 bridgehead atoms. The van der Waals surface area contributed by atoms with Gasteiger partial charge < -0.3 is 15.0 Å². The molecule has 4 rings (SSSR count). The first-order valence-electron chi connectivity index (χ1n) is 10.5. The zero-order chi connectivity index (χ0) is 19.9. The number of amides is 1. The summed E-state index contributed by atoms with van der Waals surface area (Å²) in [6.45, 7) is 9.73. The molecule has 0 aromatic carbocycles. The lowest BCUT2D eigenvalue weighted by molar-refractivity contribution is -0.137. The van der Waals surface area contributed by atoms with E-state index in [4.69, 9.17) is 16.3 Å². The zero-order valence-corrected chi connectivity index (χ0v) is 17.8. The largest absolute Gasteiger partial charge is 0.381 e. The highest BCUT2D eigenvalue weighted by Gasteiger charge is 2.43. The molecule has 28 heavy (non-hydrogen) atoms. The van der Waals surface area contributed by atoms with Crippen molar-refractivity contribution < 1.29 is 9.53 Å². The van der Waals surface area contributed by atoms with Gasteiger partial charge in [-0.15, -0.1) is 10.2 Å². The molecule has 1 N–H and O–H groups in total. The molecular formula is C21H31ClN4O2. The molecule has 0 spiro atoms. The van der Waals surface area contributed by atoms with Crippen LogP contribution in [0.4, 0.5) is 5.82 Å². The van der Waals surface area contributed by atoms with Crippen LogP contribution < -0.4 is 5.32 Å². The van der Waals surface area contributed by atoms with Crippen molar-refractivity contribution in [3.05, 3.63) is 16.8 Å². The van der Waals surface area contributed by atoms with E-state index in [9.17, 15) is 4.79 Å². The minimum Gasteiger partial charge on any atom is -0.381 e. The van der Waals surface area contributed by atoms with Gasteiger partial charge in [-0.1, -0.05) is 32.4 Å². The first kappa shape index (κ1) is 19.9. The minimum absolute atomic E-state index is 0.0523. The average Bonchev–Trinajstić information content (AvgIpc) is 3.21. The molecular weight excluding hydrogens is 376 g/mol. The zero-order valence-electron chi connectivity index (χ0n) is 17.1. The van der Waals surface area contributed by atoms with E-state index in [-0.39, 0.29) is 11.3 Å². The average molecular weight is 407 g/mol. The molecule has 2 aliphatic heterocycles. The topological polar surface area (TPSA) is 67.4 Å². The summed E-state index contributed by atoms with van der Waals surface area (Å²) >= 11 is 6.08. The summed E-state index contributed by atoms with van der Waals surface area (Å²) in [5.74, 6) is 2.53. The molecule has 2 saturated heterocycles. The van der Waals surface area contributed by atoms with E-state index in [2.05, 4.69) is 41.2 Å². The normalized spacial score (nSPS) is 28.4. The highest BCUT2D eigenvalue weighted by molar-refractivity contribution is 6.29. The van der Waals surface area contributed by atoms with E-state index in [1.165, 1.54) is 0 Å². The number of carbonyl (C=O) groups is 1. The quantitative estimate of drug-likeness (QED) is 0.832. The van der Waals surface area contributed by atoms with Crippen LogP contribution in [0.25, 0.3) is 0 Å². The molecule has 3 fully saturated rings. The lowest BCUT2D eigenvalue weighted by atomic mass is 9.87. The molecule has 0 radical (unpaired) electrons. The predicted octanol–water partition coefficient (Wildman–Crippen LogP) is 3.50. The Labute approximate surface area is 172 Å². The Hall–Kier alpha value is -1.40. The van der Waals surface area contributed by atoms with Gasteiger partial charge in [0.2, 0.25) is 5.91 Å². The van der Waals surface area contributed by atoms with Gasteiger partial charge in [0.25, 0.3) is 0 Å². The summed E-state index contributed by atoms with van der Waals surface area (Å²) < 4.78 is 5.40. The Kier molecular flexibility index (Phi) is 5.53. The Bertz CT molecular complexity index is 716. The maximum Gasteiger partial charge on any atom is 0.225 e. The third kappa shape index (κ3) is 4.13. The molecule has 0 unspecified atom stereocenters. The van der Waals surface area contributed by atoms with Crippen LogP contribution in [-0.4, -0.2) is 53.3 Å². The maximum atomic E-state index is 12.8. The van der Waals surface area contributed by atoms with Gasteiger partial charge in [-0.2, -0.15) is 0 Å². The fraction of sp³-hybridized carbons (Fsp3) is 0.762. The minimum atomic E-state index is -0.0523. The summed E-state index contributed by atoms with van der Waals surface area (Å²) in [5.41, 5.74) is 1.05. The highest BCUT2D eigenvalue weighted by atomic mass is 35.5. The van der Waals surface area contributed by atoms with E-state index in [0.29, 0.717) is 28.9 Å². The second kappa shape index (κ2) is 7.79. The molecule has 1 aromatic heterocycles. The number of anilines is 1. The molecule has 7 heteroatoms. The van der Waals surface area contributed by atoms with Crippen molar-refractivity contribution in [2.75, 3.05) is 31.6 Å². The van der Waals surface area contributed by atoms with Crippen LogP contribution in [0.15, 0.2) is 6.07 Å². The Balaban J connectivity index is 1.36. The van der Waals surface area contributed by atoms with E-state index in [1.807, 2.05) is 6.07 Å². The molecule has 3 aliphatic rings. The fourth-order valence-corrected chi connectivity index (χ4v) is 5.19. The van der Waals surface area contributed by atoms with Crippen LogP contribution in [0.1, 0.15) is 52.0 Å². The van der Waals surface area contributed by atoms with Gasteiger partial charge in [0.05, 0.1) is 0 Å². The molecule has 1 amide bonds. The third-order valence-electron chi connectivity index (χ3n) is 6.55. The van der Waals surface area contributed by atoms with Crippen LogP contribution in [0.3, 0.4) is 0 Å². The van der Waals surface area contributed by atoms with Gasteiger partial charge in [0, 0.05) is 43.8 Å². The molecule has 154 valence electrons. The lowest BCUT2D eigenvalue weighted by Gasteiger charge is -2.28. The monoisotopic (exact) mass is 406 g/mol. The number of hydrogen-bond donors (Lipinski definition) is 1. The summed E-state index contributed by atoms with van der Waals surface area (Å²) in [7, 11) is 0. The second-order valence-electron chi connectivity index (χ2n) is 9.64. The maximum absolute atomic E-state index is 12.8. The Morgan fingerprint density at radius 3 is 2.43 bits per heavy atom. The molecule has 1 aromatic rings. The molecule has 1 saturated carbocycles. The lowest BCUT2D eigenvalue weighted by Crippen LogP contribution is -2.38. The summed E-state index contributed by atoms with van der Waals surface area (Å²) in [6.07, 6.45) is 3.91. The van der Waals surface area contributed by atoms with Crippen molar-refractivity contribution >= 4 is 23.3 Å². The number of carbonyl (C=O) groups excluding carboxylic acids is 1. The van der Waals surface area contributed by atoms with Crippen LogP contribution in [0, 0.1) is 17.8 Å². The van der Waals surface area contributed by atoms with Gasteiger partial charge in [0.15, 0.2) is 11.0 Å². The molecule has 3 atom stereocenters. The SMILES string of the molecule is CC(C)(C)c1cc(Cl)nnc1N[C@@H]1C[C@@H]2CN(C(=O)C3CCOCC3)C[C@@H]2C1. The van der Waals surface area contributed by atoms with Crippen LogP contribution >= 0.6 is 11.6 Å². The van der Waals surface area contributed by atoms with Crippen molar-refractivity contribution in [3.8, 4) is 0 Å². The second-order valence-corrected chi connectivity index (χ2v) is 10.0. The first-order valence-corrected chi connectivity index (χ1v) is 10.9. The van der Waals surface area contributed by atoms with Crippen molar-refractivity contribution in [2.45, 2.75) is 57.9 Å². The number of likely N-dealkylation sites (tertiary alicyclic amines) is 1.